The number of aryl methyl sites for hydroxylation is 1. The number of carbonyl (C=O) groups excluding carboxylic acids is 2. The molecule has 1 unspecified atom stereocenters. The summed E-state index contributed by atoms with van der Waals surface area (Å²) in [4.78, 5) is 39.9. The number of carbonyl (C=O) groups is 3. The standard InChI is InChI=1S/C18H29N5O2.C2HF3O2/c1-14(2)17(25)23-6-5-22(10-15-8-19-21(4)9-15)12-18(13-23)7-16(24)20(3)11-18;3-2(4,5)1(6)7/h8-9,14H,5-7,10-13H2,1-4H3;(H,6,7). The normalized spacial score (nSPS) is 22.2. The van der Waals surface area contributed by atoms with Gasteiger partial charge < -0.3 is 14.9 Å². The van der Waals surface area contributed by atoms with Crippen LogP contribution in [0.2, 0.25) is 0 Å². The second kappa shape index (κ2) is 9.88. The van der Waals surface area contributed by atoms with Gasteiger partial charge in [0, 0.05) is 82.9 Å². The minimum absolute atomic E-state index is 0.0169. The van der Waals surface area contributed by atoms with Gasteiger partial charge in [0.1, 0.15) is 0 Å². The van der Waals surface area contributed by atoms with Gasteiger partial charge in [0.05, 0.1) is 6.20 Å². The molecule has 2 fully saturated rings. The molecular weight excluding hydrogens is 431 g/mol. The molecule has 3 heterocycles. The monoisotopic (exact) mass is 461 g/mol. The number of aliphatic carboxylic acids is 1. The Kier molecular flexibility index (Phi) is 7.92. The molecule has 1 aromatic rings. The van der Waals surface area contributed by atoms with Gasteiger partial charge in [-0.2, -0.15) is 18.3 Å². The Labute approximate surface area is 184 Å². The van der Waals surface area contributed by atoms with E-state index in [4.69, 9.17) is 9.90 Å². The molecule has 2 amide bonds. The molecule has 1 spiro atoms. The molecule has 1 N–H and O–H groups in total. The predicted molar refractivity (Wildman–Crippen MR) is 108 cm³/mol. The molecule has 180 valence electrons. The molecule has 32 heavy (non-hydrogen) atoms. The van der Waals surface area contributed by atoms with Crippen LogP contribution in [-0.2, 0) is 28.0 Å². The van der Waals surface area contributed by atoms with E-state index in [9.17, 15) is 22.8 Å². The number of halogens is 3. The van der Waals surface area contributed by atoms with Gasteiger partial charge in [-0.1, -0.05) is 13.8 Å². The molecule has 3 rings (SSSR count). The summed E-state index contributed by atoms with van der Waals surface area (Å²) in [7, 11) is 3.78. The number of hydrogen-bond donors (Lipinski definition) is 1. The summed E-state index contributed by atoms with van der Waals surface area (Å²) >= 11 is 0. The molecule has 0 radical (unpaired) electrons. The molecule has 0 bridgehead atoms. The van der Waals surface area contributed by atoms with Gasteiger partial charge in [-0.15, -0.1) is 0 Å². The fourth-order valence-corrected chi connectivity index (χ4v) is 4.16. The van der Waals surface area contributed by atoms with Gasteiger partial charge in [-0.3, -0.25) is 19.2 Å². The fraction of sp³-hybridized carbons (Fsp3) is 0.700. The van der Waals surface area contributed by atoms with Crippen LogP contribution in [0.15, 0.2) is 12.4 Å². The Morgan fingerprint density at radius 1 is 1.19 bits per heavy atom. The van der Waals surface area contributed by atoms with Crippen molar-refractivity contribution in [1.82, 2.24) is 24.5 Å². The van der Waals surface area contributed by atoms with Crippen molar-refractivity contribution in [2.45, 2.75) is 33.0 Å². The molecule has 12 heteroatoms. The van der Waals surface area contributed by atoms with Crippen LogP contribution in [0, 0.1) is 11.3 Å². The van der Waals surface area contributed by atoms with E-state index in [-0.39, 0.29) is 23.1 Å². The first-order valence-electron chi connectivity index (χ1n) is 10.3. The molecule has 9 nitrogen and oxygen atoms in total. The number of amides is 2. The first kappa shape index (κ1) is 25.6. The van der Waals surface area contributed by atoms with Crippen molar-refractivity contribution in [3.8, 4) is 0 Å². The average Bonchev–Trinajstić information content (AvgIpc) is 3.13. The molecule has 2 saturated heterocycles. The lowest BCUT2D eigenvalue weighted by Crippen LogP contribution is -2.45. The third-order valence-electron chi connectivity index (χ3n) is 5.51. The molecule has 0 saturated carbocycles. The van der Waals surface area contributed by atoms with Crippen molar-refractivity contribution in [2.24, 2.45) is 18.4 Å². The van der Waals surface area contributed by atoms with Crippen LogP contribution < -0.4 is 0 Å². The van der Waals surface area contributed by atoms with Crippen molar-refractivity contribution < 1.29 is 32.7 Å². The summed E-state index contributed by atoms with van der Waals surface area (Å²) in [6.45, 7) is 8.46. The SMILES string of the molecule is CC(C)C(=O)N1CCN(Cc2cnn(C)c2)CC2(CC(=O)N(C)C2)C1.O=C(O)C(F)(F)F. The number of alkyl halides is 3. The molecule has 0 aliphatic carbocycles. The Bertz CT molecular complexity index is 841. The maximum atomic E-state index is 12.6. The van der Waals surface area contributed by atoms with Crippen molar-refractivity contribution in [1.29, 1.82) is 0 Å². The highest BCUT2D eigenvalue weighted by Gasteiger charge is 2.46. The van der Waals surface area contributed by atoms with Gasteiger partial charge in [0.25, 0.3) is 0 Å². The van der Waals surface area contributed by atoms with Gasteiger partial charge in [-0.05, 0) is 0 Å². The quantitative estimate of drug-likeness (QED) is 0.727. The third-order valence-corrected chi connectivity index (χ3v) is 5.51. The number of carboxylic acids is 1. The van der Waals surface area contributed by atoms with Crippen molar-refractivity contribution in [2.75, 3.05) is 39.8 Å². The van der Waals surface area contributed by atoms with Gasteiger partial charge in [0.2, 0.25) is 11.8 Å². The highest BCUT2D eigenvalue weighted by atomic mass is 19.4. The number of carboxylic acid groups (broad SMARTS) is 1. The second-order valence-corrected chi connectivity index (χ2v) is 8.88. The van der Waals surface area contributed by atoms with E-state index in [0.29, 0.717) is 13.0 Å². The largest absolute Gasteiger partial charge is 0.490 e. The second-order valence-electron chi connectivity index (χ2n) is 8.88. The van der Waals surface area contributed by atoms with Crippen LogP contribution >= 0.6 is 0 Å². The summed E-state index contributed by atoms with van der Waals surface area (Å²) in [5.74, 6) is -2.41. The first-order valence-corrected chi connectivity index (χ1v) is 10.3. The maximum Gasteiger partial charge on any atom is 0.490 e. The van der Waals surface area contributed by atoms with E-state index >= 15 is 0 Å². The summed E-state index contributed by atoms with van der Waals surface area (Å²) in [5, 5.41) is 11.4. The Hall–Kier alpha value is -2.63. The lowest BCUT2D eigenvalue weighted by Gasteiger charge is -2.33. The number of hydrogen-bond acceptors (Lipinski definition) is 5. The molecule has 2 aliphatic heterocycles. The molecular formula is C20H30F3N5O4. The van der Waals surface area contributed by atoms with E-state index < -0.39 is 12.1 Å². The molecule has 2 aliphatic rings. The van der Waals surface area contributed by atoms with Gasteiger partial charge in [0.15, 0.2) is 0 Å². The van der Waals surface area contributed by atoms with Crippen LogP contribution in [0.4, 0.5) is 13.2 Å². The predicted octanol–water partition coefficient (Wildman–Crippen LogP) is 1.20. The lowest BCUT2D eigenvalue weighted by atomic mass is 9.85. The van der Waals surface area contributed by atoms with E-state index in [1.165, 1.54) is 5.56 Å². The number of rotatable bonds is 3. The zero-order valence-corrected chi connectivity index (χ0v) is 18.7. The van der Waals surface area contributed by atoms with Crippen LogP contribution in [0.3, 0.4) is 0 Å². The van der Waals surface area contributed by atoms with Crippen LogP contribution in [0.1, 0.15) is 25.8 Å². The Morgan fingerprint density at radius 3 is 2.25 bits per heavy atom. The fourth-order valence-electron chi connectivity index (χ4n) is 4.16. The van der Waals surface area contributed by atoms with E-state index in [1.54, 1.807) is 0 Å². The van der Waals surface area contributed by atoms with Crippen molar-refractivity contribution in [3.05, 3.63) is 18.0 Å². The first-order chi connectivity index (χ1) is 14.7. The smallest absolute Gasteiger partial charge is 0.475 e. The van der Waals surface area contributed by atoms with Gasteiger partial charge in [-0.25, -0.2) is 4.79 Å². The zero-order valence-electron chi connectivity index (χ0n) is 18.7. The number of aromatic nitrogens is 2. The van der Waals surface area contributed by atoms with E-state index in [0.717, 1.165) is 32.7 Å². The average molecular weight is 461 g/mol. The van der Waals surface area contributed by atoms with E-state index in [2.05, 4.69) is 10.00 Å². The summed E-state index contributed by atoms with van der Waals surface area (Å²) in [6.07, 6.45) is -0.643. The molecule has 0 aromatic carbocycles. The molecule has 1 atom stereocenters. The third kappa shape index (κ3) is 6.68. The maximum absolute atomic E-state index is 12.6. The van der Waals surface area contributed by atoms with Crippen molar-refractivity contribution >= 4 is 17.8 Å². The van der Waals surface area contributed by atoms with Crippen LogP contribution in [0.25, 0.3) is 0 Å². The number of likely N-dealkylation sites (tertiary alicyclic amines) is 1. The van der Waals surface area contributed by atoms with E-state index in [1.807, 2.05) is 54.8 Å². The van der Waals surface area contributed by atoms with Crippen LogP contribution in [-0.4, -0.2) is 93.3 Å². The summed E-state index contributed by atoms with van der Waals surface area (Å²) in [6, 6.07) is 0. The Balaban J connectivity index is 0.000000451. The highest BCUT2D eigenvalue weighted by molar-refractivity contribution is 5.80. The zero-order chi connectivity index (χ0) is 24.3. The van der Waals surface area contributed by atoms with Crippen LogP contribution in [0.5, 0.6) is 0 Å². The summed E-state index contributed by atoms with van der Waals surface area (Å²) < 4.78 is 33.5. The van der Waals surface area contributed by atoms with Gasteiger partial charge >= 0.3 is 12.1 Å². The minimum atomic E-state index is -5.08. The van der Waals surface area contributed by atoms with Crippen molar-refractivity contribution in [3.63, 3.8) is 0 Å². The molecule has 1 aromatic heterocycles. The Morgan fingerprint density at radius 2 is 1.81 bits per heavy atom. The topological polar surface area (TPSA) is 99.0 Å². The highest BCUT2D eigenvalue weighted by Crippen LogP contribution is 2.35. The lowest BCUT2D eigenvalue weighted by molar-refractivity contribution is -0.192. The minimum Gasteiger partial charge on any atom is -0.475 e. The summed E-state index contributed by atoms with van der Waals surface area (Å²) in [5.41, 5.74) is 0.994. The number of nitrogens with zero attached hydrogens (tertiary/aromatic N) is 5.